The molecule has 0 atom stereocenters. The molecule has 1 aromatic carbocycles. The maximum Gasteiger partial charge on any atom is 0.269 e. The average molecular weight is 270 g/mol. The Kier molecular flexibility index (Phi) is 2.79. The van der Waals surface area contributed by atoms with Crippen molar-refractivity contribution in [1.82, 2.24) is 14.4 Å². The van der Waals surface area contributed by atoms with Crippen LogP contribution >= 0.6 is 0 Å². The van der Waals surface area contributed by atoms with Gasteiger partial charge in [0.1, 0.15) is 17.7 Å². The number of aryl methyl sites for hydroxylation is 1. The first-order chi connectivity index (χ1) is 9.63. The van der Waals surface area contributed by atoms with Crippen LogP contribution in [0.25, 0.3) is 5.65 Å². The Bertz CT molecular complexity index is 797. The van der Waals surface area contributed by atoms with Crippen molar-refractivity contribution < 1.29 is 9.66 Å². The Labute approximate surface area is 113 Å². The van der Waals surface area contributed by atoms with Crippen molar-refractivity contribution in [3.63, 3.8) is 0 Å². The molecule has 100 valence electrons. The lowest BCUT2D eigenvalue weighted by molar-refractivity contribution is -0.384. The lowest BCUT2D eigenvalue weighted by atomic mass is 10.2. The zero-order valence-corrected chi connectivity index (χ0v) is 10.6. The molecule has 20 heavy (non-hydrogen) atoms. The summed E-state index contributed by atoms with van der Waals surface area (Å²) >= 11 is 0. The Balaban J connectivity index is 1.92. The van der Waals surface area contributed by atoms with E-state index in [1.165, 1.54) is 12.1 Å². The molecule has 0 aliphatic carbocycles. The second kappa shape index (κ2) is 4.61. The van der Waals surface area contributed by atoms with E-state index >= 15 is 0 Å². The number of non-ortho nitro benzene ring substituents is 1. The van der Waals surface area contributed by atoms with Crippen LogP contribution in [-0.4, -0.2) is 19.3 Å². The molecule has 3 aromatic rings. The lowest BCUT2D eigenvalue weighted by Crippen LogP contribution is -1.94. The van der Waals surface area contributed by atoms with E-state index in [2.05, 4.69) is 9.97 Å². The van der Waals surface area contributed by atoms with Gasteiger partial charge in [0.05, 0.1) is 4.92 Å². The fraction of sp³-hybridized carbons (Fsp3) is 0.0769. The summed E-state index contributed by atoms with van der Waals surface area (Å²) in [6.45, 7) is 1.75. The normalized spacial score (nSPS) is 10.7. The van der Waals surface area contributed by atoms with Crippen molar-refractivity contribution in [3.05, 3.63) is 58.7 Å². The van der Waals surface area contributed by atoms with Crippen molar-refractivity contribution in [2.24, 2.45) is 0 Å². The number of benzene rings is 1. The molecular formula is C13H10N4O3. The number of rotatable bonds is 3. The third kappa shape index (κ3) is 2.16. The van der Waals surface area contributed by atoms with Crippen LogP contribution in [0.4, 0.5) is 5.69 Å². The Morgan fingerprint density at radius 3 is 2.90 bits per heavy atom. The lowest BCUT2D eigenvalue weighted by Gasteiger charge is -2.07. The van der Waals surface area contributed by atoms with Crippen LogP contribution < -0.4 is 4.74 Å². The van der Waals surface area contributed by atoms with Gasteiger partial charge in [-0.2, -0.15) is 0 Å². The van der Waals surface area contributed by atoms with Gasteiger partial charge in [-0.1, -0.05) is 0 Å². The van der Waals surface area contributed by atoms with Crippen molar-refractivity contribution >= 4 is 11.3 Å². The standard InChI is InChI=1S/C13H10N4O3/c1-9-6-10(17(18)19)2-3-11(9)20-13-7-12-14-4-5-16(12)8-15-13/h2-8H,1H3. The van der Waals surface area contributed by atoms with Gasteiger partial charge in [0, 0.05) is 30.6 Å². The predicted octanol–water partition coefficient (Wildman–Crippen LogP) is 2.74. The van der Waals surface area contributed by atoms with E-state index in [9.17, 15) is 10.1 Å². The molecule has 0 unspecified atom stereocenters. The first-order valence-corrected chi connectivity index (χ1v) is 5.85. The first kappa shape index (κ1) is 12.1. The highest BCUT2D eigenvalue weighted by atomic mass is 16.6. The van der Waals surface area contributed by atoms with Crippen LogP contribution in [0, 0.1) is 17.0 Å². The van der Waals surface area contributed by atoms with Gasteiger partial charge in [-0.25, -0.2) is 9.97 Å². The smallest absolute Gasteiger partial charge is 0.269 e. The molecule has 0 aliphatic heterocycles. The summed E-state index contributed by atoms with van der Waals surface area (Å²) < 4.78 is 7.39. The molecule has 0 amide bonds. The van der Waals surface area contributed by atoms with Crippen LogP contribution in [0.5, 0.6) is 11.6 Å². The topological polar surface area (TPSA) is 82.6 Å². The number of imidazole rings is 1. The number of ether oxygens (including phenoxy) is 1. The molecule has 0 N–H and O–H groups in total. The van der Waals surface area contributed by atoms with E-state index in [0.717, 1.165) is 5.65 Å². The van der Waals surface area contributed by atoms with Crippen molar-refractivity contribution in [1.29, 1.82) is 0 Å². The van der Waals surface area contributed by atoms with Crippen LogP contribution in [-0.2, 0) is 0 Å². The quantitative estimate of drug-likeness (QED) is 0.539. The van der Waals surface area contributed by atoms with E-state index < -0.39 is 4.92 Å². The predicted molar refractivity (Wildman–Crippen MR) is 70.9 cm³/mol. The highest BCUT2D eigenvalue weighted by molar-refractivity contribution is 5.46. The molecular weight excluding hydrogens is 260 g/mol. The molecule has 2 heterocycles. The number of fused-ring (bicyclic) bond motifs is 1. The third-order valence-electron chi connectivity index (χ3n) is 2.84. The minimum atomic E-state index is -0.439. The fourth-order valence-electron chi connectivity index (χ4n) is 1.83. The van der Waals surface area contributed by atoms with Gasteiger partial charge in [-0.15, -0.1) is 0 Å². The first-order valence-electron chi connectivity index (χ1n) is 5.85. The molecule has 0 bridgehead atoms. The summed E-state index contributed by atoms with van der Waals surface area (Å²) in [5.74, 6) is 0.916. The van der Waals surface area contributed by atoms with Crippen LogP contribution in [0.3, 0.4) is 0 Å². The summed E-state index contributed by atoms with van der Waals surface area (Å²) in [5.41, 5.74) is 1.42. The molecule has 0 saturated heterocycles. The number of aromatic nitrogens is 3. The van der Waals surface area contributed by atoms with Crippen molar-refractivity contribution in [2.75, 3.05) is 0 Å². The molecule has 7 nitrogen and oxygen atoms in total. The number of nitro groups is 1. The second-order valence-electron chi connectivity index (χ2n) is 4.23. The van der Waals surface area contributed by atoms with E-state index in [1.54, 1.807) is 42.2 Å². The summed E-state index contributed by atoms with van der Waals surface area (Å²) in [6.07, 6.45) is 5.04. The minimum absolute atomic E-state index is 0.0338. The zero-order valence-electron chi connectivity index (χ0n) is 10.6. The molecule has 0 fully saturated rings. The Morgan fingerprint density at radius 1 is 1.30 bits per heavy atom. The van der Waals surface area contributed by atoms with Crippen molar-refractivity contribution in [3.8, 4) is 11.6 Å². The summed E-state index contributed by atoms with van der Waals surface area (Å²) in [4.78, 5) is 18.5. The number of nitro benzene ring substituents is 1. The maximum absolute atomic E-state index is 10.7. The van der Waals surface area contributed by atoms with E-state index in [-0.39, 0.29) is 5.69 Å². The maximum atomic E-state index is 10.7. The third-order valence-corrected chi connectivity index (χ3v) is 2.84. The van der Waals surface area contributed by atoms with Gasteiger partial charge >= 0.3 is 0 Å². The molecule has 0 saturated carbocycles. The van der Waals surface area contributed by atoms with Gasteiger partial charge < -0.3 is 4.74 Å². The van der Waals surface area contributed by atoms with Gasteiger partial charge in [0.2, 0.25) is 5.88 Å². The number of hydrogen-bond donors (Lipinski definition) is 0. The second-order valence-corrected chi connectivity index (χ2v) is 4.23. The minimum Gasteiger partial charge on any atom is -0.439 e. The van der Waals surface area contributed by atoms with Crippen molar-refractivity contribution in [2.45, 2.75) is 6.92 Å². The highest BCUT2D eigenvalue weighted by Crippen LogP contribution is 2.27. The van der Waals surface area contributed by atoms with Gasteiger partial charge in [0.25, 0.3) is 5.69 Å². The fourth-order valence-corrected chi connectivity index (χ4v) is 1.83. The summed E-state index contributed by atoms with van der Waals surface area (Å²) in [7, 11) is 0. The van der Waals surface area contributed by atoms with Crippen LogP contribution in [0.2, 0.25) is 0 Å². The monoisotopic (exact) mass is 270 g/mol. The van der Waals surface area contributed by atoms with Crippen LogP contribution in [0.1, 0.15) is 5.56 Å². The number of hydrogen-bond acceptors (Lipinski definition) is 5. The van der Waals surface area contributed by atoms with E-state index in [1.807, 2.05) is 0 Å². The summed E-state index contributed by atoms with van der Waals surface area (Å²) in [5, 5.41) is 10.7. The highest BCUT2D eigenvalue weighted by Gasteiger charge is 2.10. The SMILES string of the molecule is Cc1cc([N+](=O)[O-])ccc1Oc1cc2nccn2cn1. The van der Waals surface area contributed by atoms with Gasteiger partial charge in [-0.3, -0.25) is 14.5 Å². The largest absolute Gasteiger partial charge is 0.439 e. The Morgan fingerprint density at radius 2 is 2.15 bits per heavy atom. The number of nitrogens with zero attached hydrogens (tertiary/aromatic N) is 4. The molecule has 0 radical (unpaired) electrons. The zero-order chi connectivity index (χ0) is 14.1. The molecule has 0 spiro atoms. The van der Waals surface area contributed by atoms with Crippen LogP contribution in [0.15, 0.2) is 43.0 Å². The molecule has 0 aliphatic rings. The van der Waals surface area contributed by atoms with Gasteiger partial charge in [0.15, 0.2) is 0 Å². The molecule has 3 rings (SSSR count). The van der Waals surface area contributed by atoms with E-state index in [0.29, 0.717) is 17.2 Å². The summed E-state index contributed by atoms with van der Waals surface area (Å²) in [6, 6.07) is 6.12. The van der Waals surface area contributed by atoms with Gasteiger partial charge in [-0.05, 0) is 18.6 Å². The molecule has 2 aromatic heterocycles. The molecule has 7 heteroatoms. The average Bonchev–Trinajstić information content (AvgIpc) is 2.88. The van der Waals surface area contributed by atoms with E-state index in [4.69, 9.17) is 4.74 Å². The Hall–Kier alpha value is -2.96.